The van der Waals surface area contributed by atoms with Crippen LogP contribution in [0, 0.1) is 13.8 Å². The Morgan fingerprint density at radius 1 is 1.15 bits per heavy atom. The fraction of sp³-hybridized carbons (Fsp3) is 0.267. The molecule has 0 atom stereocenters. The molecular weight excluding hydrogens is 254 g/mol. The monoisotopic (exact) mass is 269 g/mol. The fourth-order valence-corrected chi connectivity index (χ4v) is 2.09. The molecule has 0 fully saturated rings. The molecule has 2 heterocycles. The lowest BCUT2D eigenvalue weighted by molar-refractivity contribution is 0.329. The highest BCUT2D eigenvalue weighted by molar-refractivity contribution is 5.85. The second-order valence-electron chi connectivity index (χ2n) is 4.61. The van der Waals surface area contributed by atoms with Gasteiger partial charge in [-0.2, -0.15) is 4.98 Å². The van der Waals surface area contributed by atoms with Crippen LogP contribution in [0.3, 0.4) is 0 Å². The van der Waals surface area contributed by atoms with Gasteiger partial charge in [0.15, 0.2) is 0 Å². The molecule has 0 aliphatic heterocycles. The molecule has 2 aromatic heterocycles. The van der Waals surface area contributed by atoms with Crippen molar-refractivity contribution in [1.29, 1.82) is 0 Å². The Morgan fingerprint density at radius 2 is 2.00 bits per heavy atom. The van der Waals surface area contributed by atoms with Crippen LogP contribution in [0.4, 0.5) is 0 Å². The third-order valence-corrected chi connectivity index (χ3v) is 2.98. The molecule has 5 nitrogen and oxygen atoms in total. The summed E-state index contributed by atoms with van der Waals surface area (Å²) in [6, 6.07) is 8.08. The van der Waals surface area contributed by atoms with Gasteiger partial charge in [-0.1, -0.05) is 16.8 Å². The first-order valence-corrected chi connectivity index (χ1v) is 6.52. The topological polar surface area (TPSA) is 61.0 Å². The number of aryl methyl sites for hydroxylation is 2. The second-order valence-corrected chi connectivity index (χ2v) is 4.61. The van der Waals surface area contributed by atoms with Gasteiger partial charge >= 0.3 is 0 Å². The van der Waals surface area contributed by atoms with E-state index in [1.165, 1.54) is 5.56 Å². The highest BCUT2D eigenvalue weighted by Crippen LogP contribution is 2.30. The molecule has 102 valence electrons. The molecule has 0 bridgehead atoms. The summed E-state index contributed by atoms with van der Waals surface area (Å²) in [6.45, 7) is 6.27. The van der Waals surface area contributed by atoms with E-state index in [0.29, 0.717) is 24.2 Å². The molecule has 0 spiro atoms. The van der Waals surface area contributed by atoms with E-state index in [0.717, 1.165) is 16.5 Å². The number of hydrogen-bond acceptors (Lipinski definition) is 5. The molecule has 0 amide bonds. The van der Waals surface area contributed by atoms with Crippen molar-refractivity contribution in [3.8, 4) is 17.3 Å². The average Bonchev–Trinajstić information content (AvgIpc) is 2.85. The van der Waals surface area contributed by atoms with E-state index in [-0.39, 0.29) is 0 Å². The van der Waals surface area contributed by atoms with Crippen molar-refractivity contribution in [2.24, 2.45) is 0 Å². The first kappa shape index (κ1) is 12.6. The van der Waals surface area contributed by atoms with E-state index in [1.807, 2.05) is 32.0 Å². The van der Waals surface area contributed by atoms with Gasteiger partial charge in [-0.3, -0.25) is 0 Å². The quantitative estimate of drug-likeness (QED) is 0.730. The van der Waals surface area contributed by atoms with Gasteiger partial charge < -0.3 is 9.26 Å². The van der Waals surface area contributed by atoms with Crippen LogP contribution in [-0.4, -0.2) is 21.7 Å². The number of fused-ring (bicyclic) bond motifs is 1. The van der Waals surface area contributed by atoms with Crippen LogP contribution in [0.5, 0.6) is 5.88 Å². The minimum absolute atomic E-state index is 0.502. The Balaban J connectivity index is 2.24. The maximum absolute atomic E-state index is 5.61. The summed E-state index contributed by atoms with van der Waals surface area (Å²) >= 11 is 0. The lowest BCUT2D eigenvalue weighted by Gasteiger charge is -2.08. The number of benzene rings is 1. The molecule has 0 aliphatic rings. The largest absolute Gasteiger partial charge is 0.477 e. The molecule has 20 heavy (non-hydrogen) atoms. The van der Waals surface area contributed by atoms with Gasteiger partial charge in [0.1, 0.15) is 0 Å². The zero-order valence-corrected chi connectivity index (χ0v) is 11.7. The number of ether oxygens (including phenoxy) is 1. The summed E-state index contributed by atoms with van der Waals surface area (Å²) in [4.78, 5) is 8.80. The Labute approximate surface area is 116 Å². The van der Waals surface area contributed by atoms with Crippen molar-refractivity contribution in [2.45, 2.75) is 20.8 Å². The first-order chi connectivity index (χ1) is 9.67. The van der Waals surface area contributed by atoms with Gasteiger partial charge in [0.2, 0.25) is 17.6 Å². The van der Waals surface area contributed by atoms with Crippen LogP contribution < -0.4 is 4.74 Å². The standard InChI is InChI=1S/C15H15N3O2/c1-4-19-15-12(14-16-10(3)20-18-14)8-11-7-9(2)5-6-13(11)17-15/h5-8H,4H2,1-3H3. The third kappa shape index (κ3) is 2.22. The minimum Gasteiger partial charge on any atom is -0.477 e. The SMILES string of the molecule is CCOc1nc2ccc(C)cc2cc1-c1noc(C)n1. The van der Waals surface area contributed by atoms with Gasteiger partial charge in [0.25, 0.3) is 0 Å². The van der Waals surface area contributed by atoms with Crippen molar-refractivity contribution in [3.63, 3.8) is 0 Å². The summed E-state index contributed by atoms with van der Waals surface area (Å²) in [5.74, 6) is 1.55. The number of rotatable bonds is 3. The fourth-order valence-electron chi connectivity index (χ4n) is 2.09. The molecule has 0 saturated carbocycles. The van der Waals surface area contributed by atoms with E-state index >= 15 is 0 Å². The number of pyridine rings is 1. The molecule has 1 aromatic carbocycles. The Kier molecular flexibility index (Phi) is 3.10. The van der Waals surface area contributed by atoms with Crippen molar-refractivity contribution in [1.82, 2.24) is 15.1 Å². The van der Waals surface area contributed by atoms with Gasteiger partial charge in [-0.15, -0.1) is 0 Å². The minimum atomic E-state index is 0.502. The molecule has 0 radical (unpaired) electrons. The van der Waals surface area contributed by atoms with E-state index in [2.05, 4.69) is 21.2 Å². The first-order valence-electron chi connectivity index (χ1n) is 6.52. The van der Waals surface area contributed by atoms with Gasteiger partial charge in [-0.05, 0) is 32.0 Å². The summed E-state index contributed by atoms with van der Waals surface area (Å²) < 4.78 is 10.6. The van der Waals surface area contributed by atoms with E-state index < -0.39 is 0 Å². The summed E-state index contributed by atoms with van der Waals surface area (Å²) in [5, 5.41) is 4.99. The van der Waals surface area contributed by atoms with Crippen LogP contribution in [-0.2, 0) is 0 Å². The molecular formula is C15H15N3O2. The van der Waals surface area contributed by atoms with Crippen LogP contribution in [0.1, 0.15) is 18.4 Å². The third-order valence-electron chi connectivity index (χ3n) is 2.98. The second kappa shape index (κ2) is 4.92. The number of hydrogen-bond donors (Lipinski definition) is 0. The Morgan fingerprint density at radius 3 is 2.70 bits per heavy atom. The highest BCUT2D eigenvalue weighted by Gasteiger charge is 2.15. The molecule has 3 rings (SSSR count). The van der Waals surface area contributed by atoms with Crippen LogP contribution in [0.2, 0.25) is 0 Å². The average molecular weight is 269 g/mol. The Hall–Kier alpha value is -2.43. The maximum atomic E-state index is 5.61. The van der Waals surface area contributed by atoms with Gasteiger partial charge in [0, 0.05) is 12.3 Å². The molecule has 0 saturated heterocycles. The highest BCUT2D eigenvalue weighted by atomic mass is 16.5. The predicted octanol–water partition coefficient (Wildman–Crippen LogP) is 3.30. The number of nitrogens with zero attached hydrogens (tertiary/aromatic N) is 3. The van der Waals surface area contributed by atoms with Gasteiger partial charge in [0.05, 0.1) is 17.7 Å². The Bertz CT molecular complexity index is 765. The van der Waals surface area contributed by atoms with Crippen molar-refractivity contribution in [3.05, 3.63) is 35.7 Å². The number of aromatic nitrogens is 3. The normalized spacial score (nSPS) is 10.9. The maximum Gasteiger partial charge on any atom is 0.225 e. The smallest absolute Gasteiger partial charge is 0.225 e. The van der Waals surface area contributed by atoms with Crippen molar-refractivity contribution in [2.75, 3.05) is 6.61 Å². The lowest BCUT2D eigenvalue weighted by Crippen LogP contribution is -1.98. The van der Waals surface area contributed by atoms with Crippen LogP contribution in [0.15, 0.2) is 28.8 Å². The van der Waals surface area contributed by atoms with E-state index in [4.69, 9.17) is 9.26 Å². The zero-order chi connectivity index (χ0) is 14.1. The summed E-state index contributed by atoms with van der Waals surface area (Å²) in [5.41, 5.74) is 2.82. The van der Waals surface area contributed by atoms with E-state index in [9.17, 15) is 0 Å². The molecule has 5 heteroatoms. The van der Waals surface area contributed by atoms with Crippen molar-refractivity contribution < 1.29 is 9.26 Å². The van der Waals surface area contributed by atoms with E-state index in [1.54, 1.807) is 6.92 Å². The van der Waals surface area contributed by atoms with Gasteiger partial charge in [-0.25, -0.2) is 4.98 Å². The van der Waals surface area contributed by atoms with Crippen LogP contribution in [0.25, 0.3) is 22.3 Å². The lowest BCUT2D eigenvalue weighted by atomic mass is 10.1. The molecule has 3 aromatic rings. The molecule has 0 aliphatic carbocycles. The summed E-state index contributed by atoms with van der Waals surface area (Å²) in [6.07, 6.45) is 0. The summed E-state index contributed by atoms with van der Waals surface area (Å²) in [7, 11) is 0. The van der Waals surface area contributed by atoms with Crippen molar-refractivity contribution >= 4 is 10.9 Å². The van der Waals surface area contributed by atoms with Crippen LogP contribution >= 0.6 is 0 Å². The predicted molar refractivity (Wildman–Crippen MR) is 75.7 cm³/mol. The molecule has 0 unspecified atom stereocenters. The zero-order valence-electron chi connectivity index (χ0n) is 11.7. The molecule has 0 N–H and O–H groups in total.